The monoisotopic (exact) mass is 484 g/mol. The number of aromatic nitrogens is 2. The number of rotatable bonds is 8. The van der Waals surface area contributed by atoms with E-state index in [2.05, 4.69) is 15.0 Å². The van der Waals surface area contributed by atoms with Gasteiger partial charge in [0.15, 0.2) is 11.5 Å². The van der Waals surface area contributed by atoms with E-state index < -0.39 is 0 Å². The maximum atomic E-state index is 13.1. The second-order valence-corrected chi connectivity index (χ2v) is 8.69. The van der Waals surface area contributed by atoms with Crippen LogP contribution in [0.5, 0.6) is 11.5 Å². The molecule has 0 bridgehead atoms. The van der Waals surface area contributed by atoms with Gasteiger partial charge in [0.1, 0.15) is 0 Å². The fourth-order valence-electron chi connectivity index (χ4n) is 3.81. The maximum absolute atomic E-state index is 13.1. The van der Waals surface area contributed by atoms with Gasteiger partial charge < -0.3 is 18.9 Å². The molecule has 34 heavy (non-hydrogen) atoms. The van der Waals surface area contributed by atoms with Gasteiger partial charge >= 0.3 is 0 Å². The van der Waals surface area contributed by atoms with Crippen LogP contribution < -0.4 is 9.47 Å². The third kappa shape index (κ3) is 5.51. The molecule has 0 N–H and O–H groups in total. The van der Waals surface area contributed by atoms with E-state index in [0.717, 1.165) is 12.0 Å². The Bertz CT molecular complexity index is 1120. The van der Waals surface area contributed by atoms with Gasteiger partial charge in [-0.05, 0) is 25.5 Å². The van der Waals surface area contributed by atoms with Gasteiger partial charge in [-0.3, -0.25) is 9.69 Å². The quantitative estimate of drug-likeness (QED) is 0.467. The van der Waals surface area contributed by atoms with E-state index in [1.54, 1.807) is 19.2 Å². The summed E-state index contributed by atoms with van der Waals surface area (Å²) < 4.78 is 16.5. The summed E-state index contributed by atoms with van der Waals surface area (Å²) in [5.41, 5.74) is 2.59. The summed E-state index contributed by atoms with van der Waals surface area (Å²) in [5.74, 6) is 2.00. The number of hydrogen-bond donors (Lipinski definition) is 0. The van der Waals surface area contributed by atoms with Gasteiger partial charge in [-0.25, -0.2) is 0 Å². The van der Waals surface area contributed by atoms with Crippen LogP contribution >= 0.6 is 11.6 Å². The van der Waals surface area contributed by atoms with E-state index in [4.69, 9.17) is 25.6 Å². The number of carbonyl (C=O) groups is 1. The molecular formula is C25H29ClN4O4. The number of benzene rings is 2. The molecule has 0 radical (unpaired) electrons. The molecule has 0 unspecified atom stereocenters. The molecule has 1 saturated heterocycles. The van der Waals surface area contributed by atoms with Gasteiger partial charge in [0.25, 0.3) is 5.91 Å². The second kappa shape index (κ2) is 10.9. The Hall–Kier alpha value is -3.10. The number of aryl methyl sites for hydroxylation is 1. The van der Waals surface area contributed by atoms with E-state index in [1.165, 1.54) is 5.56 Å². The zero-order valence-corrected chi connectivity index (χ0v) is 20.5. The van der Waals surface area contributed by atoms with Crippen LogP contribution in [-0.4, -0.2) is 65.7 Å². The number of carbonyl (C=O) groups excluding carboxylic acids is 1. The lowest BCUT2D eigenvalue weighted by molar-refractivity contribution is 0.0614. The molecule has 1 aromatic heterocycles. The van der Waals surface area contributed by atoms with Crippen molar-refractivity contribution < 1.29 is 18.8 Å². The molecular weight excluding hydrogens is 456 g/mol. The SMILES string of the molecule is CCCOc1c(Cl)cc(C(=O)N2CCN(Cc3nc(-c4ccc(C)cc4)no3)CC2)cc1OC. The van der Waals surface area contributed by atoms with Crippen molar-refractivity contribution in [3.63, 3.8) is 0 Å². The maximum Gasteiger partial charge on any atom is 0.254 e. The summed E-state index contributed by atoms with van der Waals surface area (Å²) in [5, 5.41) is 4.47. The van der Waals surface area contributed by atoms with E-state index in [9.17, 15) is 4.79 Å². The van der Waals surface area contributed by atoms with Crippen LogP contribution in [0.2, 0.25) is 5.02 Å². The molecule has 1 fully saturated rings. The predicted molar refractivity (Wildman–Crippen MR) is 129 cm³/mol. The number of amides is 1. The highest BCUT2D eigenvalue weighted by Crippen LogP contribution is 2.37. The summed E-state index contributed by atoms with van der Waals surface area (Å²) in [6, 6.07) is 11.4. The van der Waals surface area contributed by atoms with E-state index >= 15 is 0 Å². The highest BCUT2D eigenvalue weighted by Gasteiger charge is 2.25. The number of nitrogens with zero attached hydrogens (tertiary/aromatic N) is 4. The molecule has 1 aliphatic heterocycles. The summed E-state index contributed by atoms with van der Waals surface area (Å²) in [6.45, 7) is 7.71. The lowest BCUT2D eigenvalue weighted by Crippen LogP contribution is -2.48. The highest BCUT2D eigenvalue weighted by atomic mass is 35.5. The van der Waals surface area contributed by atoms with Crippen LogP contribution in [0.1, 0.15) is 35.2 Å². The molecule has 3 aromatic rings. The lowest BCUT2D eigenvalue weighted by atomic mass is 10.1. The zero-order valence-electron chi connectivity index (χ0n) is 19.7. The zero-order chi connectivity index (χ0) is 24.1. The van der Waals surface area contributed by atoms with Crippen LogP contribution in [-0.2, 0) is 6.54 Å². The number of methoxy groups -OCH3 is 1. The van der Waals surface area contributed by atoms with E-state index in [-0.39, 0.29) is 5.91 Å². The van der Waals surface area contributed by atoms with Crippen molar-refractivity contribution in [3.05, 3.63) is 58.4 Å². The van der Waals surface area contributed by atoms with Crippen LogP contribution in [0.4, 0.5) is 0 Å². The van der Waals surface area contributed by atoms with Gasteiger partial charge in [0.2, 0.25) is 11.7 Å². The first kappa shape index (κ1) is 24.0. The van der Waals surface area contributed by atoms with Crippen LogP contribution in [0.3, 0.4) is 0 Å². The van der Waals surface area contributed by atoms with Crippen molar-refractivity contribution >= 4 is 17.5 Å². The molecule has 8 nitrogen and oxygen atoms in total. The Morgan fingerprint density at radius 2 is 1.88 bits per heavy atom. The van der Waals surface area contributed by atoms with E-state index in [0.29, 0.717) is 73.1 Å². The molecule has 9 heteroatoms. The number of hydrogen-bond acceptors (Lipinski definition) is 7. The summed E-state index contributed by atoms with van der Waals surface area (Å²) in [7, 11) is 1.54. The molecule has 0 aliphatic carbocycles. The van der Waals surface area contributed by atoms with Crippen molar-refractivity contribution in [2.75, 3.05) is 39.9 Å². The standard InChI is InChI=1S/C25H29ClN4O4/c1-4-13-33-23-20(26)14-19(15-21(23)32-3)25(31)30-11-9-29(10-12-30)16-22-27-24(28-34-22)18-7-5-17(2)6-8-18/h5-8,14-15H,4,9-13,16H2,1-3H3. The van der Waals surface area contributed by atoms with Gasteiger partial charge in [-0.1, -0.05) is 53.5 Å². The Kier molecular flexibility index (Phi) is 7.70. The average molecular weight is 485 g/mol. The number of ether oxygens (including phenoxy) is 2. The van der Waals surface area contributed by atoms with E-state index in [1.807, 2.05) is 43.0 Å². The number of piperazine rings is 1. The first-order valence-corrected chi connectivity index (χ1v) is 11.8. The van der Waals surface area contributed by atoms with Crippen molar-refractivity contribution in [2.24, 2.45) is 0 Å². The first-order chi connectivity index (χ1) is 16.5. The van der Waals surface area contributed by atoms with Crippen LogP contribution in [0, 0.1) is 6.92 Å². The Morgan fingerprint density at radius 3 is 2.56 bits per heavy atom. The summed E-state index contributed by atoms with van der Waals surface area (Å²) >= 11 is 6.39. The van der Waals surface area contributed by atoms with Crippen molar-refractivity contribution in [1.29, 1.82) is 0 Å². The molecule has 1 amide bonds. The third-order valence-corrected chi connectivity index (χ3v) is 6.00. The normalized spacial score (nSPS) is 14.3. The minimum atomic E-state index is -0.0821. The fraction of sp³-hybridized carbons (Fsp3) is 0.400. The Morgan fingerprint density at radius 1 is 1.15 bits per heavy atom. The lowest BCUT2D eigenvalue weighted by Gasteiger charge is -2.34. The van der Waals surface area contributed by atoms with Gasteiger partial charge in [-0.15, -0.1) is 0 Å². The Labute approximate surface area is 204 Å². The predicted octanol–water partition coefficient (Wildman–Crippen LogP) is 4.45. The largest absolute Gasteiger partial charge is 0.493 e. The molecule has 2 heterocycles. The van der Waals surface area contributed by atoms with Crippen LogP contribution in [0.25, 0.3) is 11.4 Å². The summed E-state index contributed by atoms with van der Waals surface area (Å²) in [6.07, 6.45) is 0.849. The molecule has 0 atom stereocenters. The number of halogens is 1. The van der Waals surface area contributed by atoms with Gasteiger partial charge in [0, 0.05) is 37.3 Å². The van der Waals surface area contributed by atoms with Crippen molar-refractivity contribution in [3.8, 4) is 22.9 Å². The van der Waals surface area contributed by atoms with Crippen LogP contribution in [0.15, 0.2) is 40.9 Å². The minimum absolute atomic E-state index is 0.0821. The van der Waals surface area contributed by atoms with Crippen molar-refractivity contribution in [2.45, 2.75) is 26.8 Å². The topological polar surface area (TPSA) is 80.9 Å². The minimum Gasteiger partial charge on any atom is -0.493 e. The van der Waals surface area contributed by atoms with Gasteiger partial charge in [0.05, 0.1) is 25.3 Å². The Balaban J connectivity index is 1.35. The molecule has 4 rings (SSSR count). The molecule has 1 aliphatic rings. The molecule has 0 saturated carbocycles. The molecule has 0 spiro atoms. The highest BCUT2D eigenvalue weighted by molar-refractivity contribution is 6.32. The molecule has 180 valence electrons. The van der Waals surface area contributed by atoms with Crippen molar-refractivity contribution in [1.82, 2.24) is 19.9 Å². The first-order valence-electron chi connectivity index (χ1n) is 11.4. The second-order valence-electron chi connectivity index (χ2n) is 8.28. The average Bonchev–Trinajstić information content (AvgIpc) is 3.31. The summed E-state index contributed by atoms with van der Waals surface area (Å²) in [4.78, 5) is 21.6. The molecule has 2 aromatic carbocycles. The van der Waals surface area contributed by atoms with Gasteiger partial charge in [-0.2, -0.15) is 4.98 Å². The third-order valence-electron chi connectivity index (χ3n) is 5.72. The smallest absolute Gasteiger partial charge is 0.254 e. The fourth-order valence-corrected chi connectivity index (χ4v) is 4.07.